The van der Waals surface area contributed by atoms with Crippen molar-refractivity contribution in [2.45, 2.75) is 13.8 Å². The van der Waals surface area contributed by atoms with Crippen LogP contribution in [-0.2, 0) is 0 Å². The molecule has 0 saturated carbocycles. The molecule has 0 saturated heterocycles. The highest BCUT2D eigenvalue weighted by Gasteiger charge is 2.03. The standard InChI is InChI=1S/C15H15ClO/c1-3-17-15-10-13(5-4-11(15)2)12-6-8-14(16)9-7-12/h4-10H,3H2,1-2H3. The number of rotatable bonds is 3. The van der Waals surface area contributed by atoms with Crippen molar-refractivity contribution in [3.05, 3.63) is 53.1 Å². The molecule has 0 aliphatic rings. The Labute approximate surface area is 107 Å². The average molecular weight is 247 g/mol. The van der Waals surface area contributed by atoms with Crippen LogP contribution < -0.4 is 4.74 Å². The molecule has 1 nitrogen and oxygen atoms in total. The van der Waals surface area contributed by atoms with Gasteiger partial charge in [0.2, 0.25) is 0 Å². The molecular weight excluding hydrogens is 232 g/mol. The van der Waals surface area contributed by atoms with E-state index in [9.17, 15) is 0 Å². The Bertz CT molecular complexity index is 503. The van der Waals surface area contributed by atoms with Crippen molar-refractivity contribution in [2.24, 2.45) is 0 Å². The molecule has 0 aromatic heterocycles. The van der Waals surface area contributed by atoms with E-state index in [0.29, 0.717) is 6.61 Å². The molecule has 0 bridgehead atoms. The lowest BCUT2D eigenvalue weighted by Gasteiger charge is -2.09. The summed E-state index contributed by atoms with van der Waals surface area (Å²) in [5, 5.41) is 0.755. The van der Waals surface area contributed by atoms with Crippen LogP contribution in [0.1, 0.15) is 12.5 Å². The van der Waals surface area contributed by atoms with Gasteiger partial charge in [-0.25, -0.2) is 0 Å². The van der Waals surface area contributed by atoms with Crippen LogP contribution in [-0.4, -0.2) is 6.61 Å². The number of halogens is 1. The molecule has 2 rings (SSSR count). The topological polar surface area (TPSA) is 9.23 Å². The van der Waals surface area contributed by atoms with E-state index >= 15 is 0 Å². The van der Waals surface area contributed by atoms with Crippen molar-refractivity contribution in [1.29, 1.82) is 0 Å². The predicted molar refractivity (Wildman–Crippen MR) is 72.8 cm³/mol. The number of benzene rings is 2. The third-order valence-electron chi connectivity index (χ3n) is 2.67. The summed E-state index contributed by atoms with van der Waals surface area (Å²) in [4.78, 5) is 0. The summed E-state index contributed by atoms with van der Waals surface area (Å²) < 4.78 is 5.60. The first kappa shape index (κ1) is 12.0. The minimum Gasteiger partial charge on any atom is -0.494 e. The molecule has 0 atom stereocenters. The van der Waals surface area contributed by atoms with Crippen molar-refractivity contribution in [1.82, 2.24) is 0 Å². The first-order chi connectivity index (χ1) is 8.20. The van der Waals surface area contributed by atoms with E-state index in [1.54, 1.807) is 0 Å². The molecule has 0 heterocycles. The predicted octanol–water partition coefficient (Wildman–Crippen LogP) is 4.71. The van der Waals surface area contributed by atoms with Crippen LogP contribution in [0.25, 0.3) is 11.1 Å². The van der Waals surface area contributed by atoms with Crippen LogP contribution in [0, 0.1) is 6.92 Å². The lowest BCUT2D eigenvalue weighted by atomic mass is 10.0. The second kappa shape index (κ2) is 5.24. The second-order valence-corrected chi connectivity index (χ2v) is 4.36. The monoisotopic (exact) mass is 246 g/mol. The molecule has 88 valence electrons. The molecule has 0 spiro atoms. The van der Waals surface area contributed by atoms with Gasteiger partial charge in [0.1, 0.15) is 5.75 Å². The van der Waals surface area contributed by atoms with Gasteiger partial charge in [-0.15, -0.1) is 0 Å². The van der Waals surface area contributed by atoms with Gasteiger partial charge in [-0.05, 0) is 48.7 Å². The fraction of sp³-hybridized carbons (Fsp3) is 0.200. The Balaban J connectivity index is 2.39. The summed E-state index contributed by atoms with van der Waals surface area (Å²) in [5.74, 6) is 0.944. The average Bonchev–Trinajstić information content (AvgIpc) is 2.33. The van der Waals surface area contributed by atoms with Crippen LogP contribution in [0.4, 0.5) is 0 Å². The van der Waals surface area contributed by atoms with Gasteiger partial charge in [0.05, 0.1) is 6.61 Å². The SMILES string of the molecule is CCOc1cc(-c2ccc(Cl)cc2)ccc1C. The van der Waals surface area contributed by atoms with E-state index in [1.807, 2.05) is 31.2 Å². The molecule has 2 aromatic carbocycles. The van der Waals surface area contributed by atoms with Crippen LogP contribution in [0.5, 0.6) is 5.75 Å². The van der Waals surface area contributed by atoms with Crippen molar-refractivity contribution in [3.8, 4) is 16.9 Å². The maximum Gasteiger partial charge on any atom is 0.122 e. The van der Waals surface area contributed by atoms with E-state index in [1.165, 1.54) is 0 Å². The van der Waals surface area contributed by atoms with Gasteiger partial charge in [-0.3, -0.25) is 0 Å². The van der Waals surface area contributed by atoms with Crippen molar-refractivity contribution < 1.29 is 4.74 Å². The lowest BCUT2D eigenvalue weighted by molar-refractivity contribution is 0.338. The van der Waals surface area contributed by atoms with Gasteiger partial charge in [-0.2, -0.15) is 0 Å². The molecule has 2 aromatic rings. The Morgan fingerprint density at radius 3 is 2.29 bits per heavy atom. The number of ether oxygens (including phenoxy) is 1. The molecule has 2 heteroatoms. The molecule has 0 N–H and O–H groups in total. The first-order valence-corrected chi connectivity index (χ1v) is 6.08. The van der Waals surface area contributed by atoms with Crippen molar-refractivity contribution in [2.75, 3.05) is 6.61 Å². The highest BCUT2D eigenvalue weighted by Crippen LogP contribution is 2.27. The van der Waals surface area contributed by atoms with Gasteiger partial charge >= 0.3 is 0 Å². The minimum atomic E-state index is 0.685. The molecule has 0 unspecified atom stereocenters. The summed E-state index contributed by atoms with van der Waals surface area (Å²) in [5.41, 5.74) is 3.45. The Morgan fingerprint density at radius 1 is 1.00 bits per heavy atom. The molecule has 0 aliphatic heterocycles. The Hall–Kier alpha value is -1.47. The van der Waals surface area contributed by atoms with E-state index in [-0.39, 0.29) is 0 Å². The molecular formula is C15H15ClO. The number of hydrogen-bond donors (Lipinski definition) is 0. The van der Waals surface area contributed by atoms with Gasteiger partial charge < -0.3 is 4.74 Å². The maximum atomic E-state index is 5.88. The minimum absolute atomic E-state index is 0.685. The van der Waals surface area contributed by atoms with E-state index in [2.05, 4.69) is 25.1 Å². The van der Waals surface area contributed by atoms with E-state index < -0.39 is 0 Å². The summed E-state index contributed by atoms with van der Waals surface area (Å²) in [6.45, 7) is 4.73. The summed E-state index contributed by atoms with van der Waals surface area (Å²) in [6, 6.07) is 14.1. The van der Waals surface area contributed by atoms with E-state index in [0.717, 1.165) is 27.5 Å². The molecule has 17 heavy (non-hydrogen) atoms. The third kappa shape index (κ3) is 2.80. The highest BCUT2D eigenvalue weighted by atomic mass is 35.5. The van der Waals surface area contributed by atoms with Crippen molar-refractivity contribution >= 4 is 11.6 Å². The van der Waals surface area contributed by atoms with Crippen LogP contribution in [0.3, 0.4) is 0 Å². The third-order valence-corrected chi connectivity index (χ3v) is 2.92. The fourth-order valence-corrected chi connectivity index (χ4v) is 1.86. The number of aryl methyl sites for hydroxylation is 1. The van der Waals surface area contributed by atoms with Gasteiger partial charge in [0.25, 0.3) is 0 Å². The van der Waals surface area contributed by atoms with Gasteiger partial charge in [0, 0.05) is 5.02 Å². The summed E-state index contributed by atoms with van der Waals surface area (Å²) in [6.07, 6.45) is 0. The Kier molecular flexibility index (Phi) is 3.70. The molecule has 0 aliphatic carbocycles. The summed E-state index contributed by atoms with van der Waals surface area (Å²) >= 11 is 5.88. The fourth-order valence-electron chi connectivity index (χ4n) is 1.73. The smallest absolute Gasteiger partial charge is 0.122 e. The quantitative estimate of drug-likeness (QED) is 0.762. The zero-order valence-corrected chi connectivity index (χ0v) is 10.8. The highest BCUT2D eigenvalue weighted by molar-refractivity contribution is 6.30. The molecule has 0 fully saturated rings. The largest absolute Gasteiger partial charge is 0.494 e. The molecule has 0 radical (unpaired) electrons. The number of hydrogen-bond acceptors (Lipinski definition) is 1. The van der Waals surface area contributed by atoms with Crippen molar-refractivity contribution in [3.63, 3.8) is 0 Å². The first-order valence-electron chi connectivity index (χ1n) is 5.70. The van der Waals surface area contributed by atoms with Crippen LogP contribution in [0.2, 0.25) is 5.02 Å². The Morgan fingerprint density at radius 2 is 1.65 bits per heavy atom. The maximum absolute atomic E-state index is 5.88. The van der Waals surface area contributed by atoms with Crippen LogP contribution >= 0.6 is 11.6 Å². The molecule has 0 amide bonds. The van der Waals surface area contributed by atoms with Gasteiger partial charge in [0.15, 0.2) is 0 Å². The zero-order chi connectivity index (χ0) is 12.3. The zero-order valence-electron chi connectivity index (χ0n) is 10.0. The summed E-state index contributed by atoms with van der Waals surface area (Å²) in [7, 11) is 0. The van der Waals surface area contributed by atoms with E-state index in [4.69, 9.17) is 16.3 Å². The second-order valence-electron chi connectivity index (χ2n) is 3.92. The van der Waals surface area contributed by atoms with Gasteiger partial charge in [-0.1, -0.05) is 35.9 Å². The van der Waals surface area contributed by atoms with Crippen LogP contribution in [0.15, 0.2) is 42.5 Å². The normalized spacial score (nSPS) is 10.3. The lowest BCUT2D eigenvalue weighted by Crippen LogP contribution is -1.94.